The summed E-state index contributed by atoms with van der Waals surface area (Å²) in [6.45, 7) is 10.7. The molecule has 1 saturated heterocycles. The van der Waals surface area contributed by atoms with E-state index in [-0.39, 0.29) is 17.8 Å². The Labute approximate surface area is 154 Å². The summed E-state index contributed by atoms with van der Waals surface area (Å²) in [7, 11) is 0. The number of carboxylic acids is 1. The first-order chi connectivity index (χ1) is 12.0. The lowest BCUT2D eigenvalue weighted by atomic mass is 9.85. The summed E-state index contributed by atoms with van der Waals surface area (Å²) in [5.74, 6) is -3.74. The predicted molar refractivity (Wildman–Crippen MR) is 94.0 cm³/mol. The second-order valence-electron chi connectivity index (χ2n) is 7.57. The molecule has 2 amide bonds. The number of hydrogen-bond acceptors (Lipinski definition) is 5. The molecule has 1 aliphatic rings. The Balaban J connectivity index is 2.82. The zero-order valence-electron chi connectivity index (χ0n) is 16.2. The number of aliphatic carboxylic acids is 1. The summed E-state index contributed by atoms with van der Waals surface area (Å²) in [6.07, 6.45) is -0.328. The van der Waals surface area contributed by atoms with Crippen molar-refractivity contribution in [1.29, 1.82) is 0 Å². The highest BCUT2D eigenvalue weighted by Crippen LogP contribution is 2.29. The molecule has 0 bridgehead atoms. The monoisotopic (exact) mass is 370 g/mol. The van der Waals surface area contributed by atoms with Gasteiger partial charge < -0.3 is 20.5 Å². The van der Waals surface area contributed by atoms with Crippen LogP contribution in [0.4, 0.5) is 0 Å². The van der Waals surface area contributed by atoms with Crippen LogP contribution in [-0.4, -0.2) is 47.0 Å². The van der Waals surface area contributed by atoms with Crippen LogP contribution in [0.15, 0.2) is 0 Å². The highest BCUT2D eigenvalue weighted by atomic mass is 16.6. The maximum Gasteiger partial charge on any atom is 0.326 e. The van der Waals surface area contributed by atoms with E-state index in [1.165, 1.54) is 0 Å². The Morgan fingerprint density at radius 1 is 1.08 bits per heavy atom. The predicted octanol–water partition coefficient (Wildman–Crippen LogP) is 0.940. The van der Waals surface area contributed by atoms with Crippen LogP contribution in [-0.2, 0) is 23.9 Å². The van der Waals surface area contributed by atoms with Crippen LogP contribution in [0.2, 0.25) is 0 Å². The molecule has 0 aromatic carbocycles. The van der Waals surface area contributed by atoms with Crippen LogP contribution in [0.5, 0.6) is 0 Å². The van der Waals surface area contributed by atoms with Gasteiger partial charge in [0.15, 0.2) is 6.10 Å². The first-order valence-corrected chi connectivity index (χ1v) is 9.05. The van der Waals surface area contributed by atoms with Gasteiger partial charge in [-0.3, -0.25) is 14.4 Å². The summed E-state index contributed by atoms with van der Waals surface area (Å²) in [5, 5.41) is 14.4. The van der Waals surface area contributed by atoms with Crippen molar-refractivity contribution in [3.05, 3.63) is 0 Å². The Morgan fingerprint density at radius 2 is 1.65 bits per heavy atom. The molecule has 1 rings (SSSR count). The molecule has 0 saturated carbocycles. The minimum Gasteiger partial charge on any atom is -0.480 e. The number of rotatable bonds is 9. The van der Waals surface area contributed by atoms with Crippen molar-refractivity contribution in [1.82, 2.24) is 10.6 Å². The van der Waals surface area contributed by atoms with E-state index in [9.17, 15) is 24.3 Å². The minimum absolute atomic E-state index is 0.0554. The zero-order chi connectivity index (χ0) is 20.2. The van der Waals surface area contributed by atoms with E-state index in [1.54, 1.807) is 20.8 Å². The van der Waals surface area contributed by atoms with Gasteiger partial charge in [0, 0.05) is 0 Å². The normalized spacial score (nSPS) is 22.8. The fraction of sp³-hybridized carbons (Fsp3) is 0.778. The number of carboxylic acid groups (broad SMARTS) is 1. The molecule has 148 valence electrons. The smallest absolute Gasteiger partial charge is 0.326 e. The standard InChI is InChI=1S/C18H30N2O6/c1-7-10(6)13(17(23)24)20-15(21)12(9(4)5)19-16(22)14-11(8(2)3)18(25)26-14/h8-14H,7H2,1-6H3,(H,19,22)(H,20,21)(H,23,24)/t10-,11?,12-,13-,14?/m0/s1. The molecule has 5 atom stereocenters. The van der Waals surface area contributed by atoms with E-state index < -0.39 is 47.9 Å². The van der Waals surface area contributed by atoms with Crippen molar-refractivity contribution >= 4 is 23.8 Å². The van der Waals surface area contributed by atoms with E-state index in [4.69, 9.17) is 4.74 Å². The molecule has 1 heterocycles. The third-order valence-electron chi connectivity index (χ3n) is 4.84. The van der Waals surface area contributed by atoms with Crippen molar-refractivity contribution in [3.8, 4) is 0 Å². The van der Waals surface area contributed by atoms with Gasteiger partial charge in [0.1, 0.15) is 18.0 Å². The van der Waals surface area contributed by atoms with Gasteiger partial charge in [-0.15, -0.1) is 0 Å². The second-order valence-corrected chi connectivity index (χ2v) is 7.57. The van der Waals surface area contributed by atoms with Gasteiger partial charge in [-0.25, -0.2) is 4.79 Å². The number of esters is 1. The average molecular weight is 370 g/mol. The van der Waals surface area contributed by atoms with Crippen LogP contribution in [0.3, 0.4) is 0 Å². The fourth-order valence-electron chi connectivity index (χ4n) is 2.86. The Morgan fingerprint density at radius 3 is 2.04 bits per heavy atom. The molecule has 8 nitrogen and oxygen atoms in total. The van der Waals surface area contributed by atoms with Gasteiger partial charge in [-0.1, -0.05) is 48.0 Å². The minimum atomic E-state index is -1.12. The zero-order valence-corrected chi connectivity index (χ0v) is 16.2. The highest BCUT2D eigenvalue weighted by molar-refractivity contribution is 5.97. The van der Waals surface area contributed by atoms with Gasteiger partial charge in [-0.05, 0) is 17.8 Å². The third-order valence-corrected chi connectivity index (χ3v) is 4.84. The van der Waals surface area contributed by atoms with Crippen LogP contribution in [0, 0.1) is 23.7 Å². The van der Waals surface area contributed by atoms with E-state index in [1.807, 2.05) is 20.8 Å². The number of ether oxygens (including phenoxy) is 1. The molecule has 0 radical (unpaired) electrons. The lowest BCUT2D eigenvalue weighted by molar-refractivity contribution is -0.193. The first kappa shape index (κ1) is 21.9. The number of carbonyl (C=O) groups is 4. The van der Waals surface area contributed by atoms with Gasteiger partial charge in [0.2, 0.25) is 5.91 Å². The van der Waals surface area contributed by atoms with Crippen molar-refractivity contribution < 1.29 is 29.0 Å². The van der Waals surface area contributed by atoms with Crippen molar-refractivity contribution in [2.24, 2.45) is 23.7 Å². The van der Waals surface area contributed by atoms with Crippen LogP contribution < -0.4 is 10.6 Å². The molecule has 0 aromatic rings. The third kappa shape index (κ3) is 4.95. The second kappa shape index (κ2) is 9.00. The van der Waals surface area contributed by atoms with E-state index in [2.05, 4.69) is 10.6 Å². The molecular formula is C18H30N2O6. The van der Waals surface area contributed by atoms with Crippen molar-refractivity contribution in [3.63, 3.8) is 0 Å². The van der Waals surface area contributed by atoms with Gasteiger partial charge >= 0.3 is 11.9 Å². The topological polar surface area (TPSA) is 122 Å². The maximum atomic E-state index is 12.6. The Hall–Kier alpha value is -2.12. The lowest BCUT2D eigenvalue weighted by Gasteiger charge is -2.37. The van der Waals surface area contributed by atoms with Crippen molar-refractivity contribution in [2.75, 3.05) is 0 Å². The number of cyclic esters (lactones) is 1. The molecule has 3 N–H and O–H groups in total. The summed E-state index contributed by atoms with van der Waals surface area (Å²) in [4.78, 5) is 47.9. The summed E-state index contributed by atoms with van der Waals surface area (Å²) in [6, 6.07) is -1.95. The number of hydrogen-bond donors (Lipinski definition) is 3. The highest BCUT2D eigenvalue weighted by Gasteiger charge is 2.49. The van der Waals surface area contributed by atoms with E-state index in [0.29, 0.717) is 6.42 Å². The molecule has 0 aliphatic carbocycles. The molecule has 1 fully saturated rings. The summed E-state index contributed by atoms with van der Waals surface area (Å²) in [5.41, 5.74) is 0. The molecule has 2 unspecified atom stereocenters. The van der Waals surface area contributed by atoms with Gasteiger partial charge in [0.25, 0.3) is 5.91 Å². The molecule has 0 aromatic heterocycles. The molecule has 8 heteroatoms. The largest absolute Gasteiger partial charge is 0.480 e. The molecular weight excluding hydrogens is 340 g/mol. The quantitative estimate of drug-likeness (QED) is 0.519. The Bertz CT molecular complexity index is 560. The van der Waals surface area contributed by atoms with E-state index >= 15 is 0 Å². The van der Waals surface area contributed by atoms with Gasteiger partial charge in [-0.2, -0.15) is 0 Å². The van der Waals surface area contributed by atoms with Crippen LogP contribution >= 0.6 is 0 Å². The summed E-state index contributed by atoms with van der Waals surface area (Å²) >= 11 is 0. The van der Waals surface area contributed by atoms with Crippen LogP contribution in [0.1, 0.15) is 48.0 Å². The first-order valence-electron chi connectivity index (χ1n) is 9.05. The molecule has 26 heavy (non-hydrogen) atoms. The Kier molecular flexibility index (Phi) is 7.59. The van der Waals surface area contributed by atoms with Gasteiger partial charge in [0.05, 0.1) is 0 Å². The maximum absolute atomic E-state index is 12.6. The summed E-state index contributed by atoms with van der Waals surface area (Å²) < 4.78 is 4.93. The van der Waals surface area contributed by atoms with Crippen molar-refractivity contribution in [2.45, 2.75) is 66.2 Å². The number of nitrogens with one attached hydrogen (secondary N) is 2. The van der Waals surface area contributed by atoms with Crippen LogP contribution in [0.25, 0.3) is 0 Å². The number of carbonyl (C=O) groups excluding carboxylic acids is 3. The molecule has 0 spiro atoms. The van der Waals surface area contributed by atoms with E-state index in [0.717, 1.165) is 0 Å². The molecule has 1 aliphatic heterocycles. The lowest BCUT2D eigenvalue weighted by Crippen LogP contribution is -2.61. The number of amides is 2. The average Bonchev–Trinajstić information content (AvgIpc) is 2.52. The SMILES string of the molecule is CC[C@H](C)[C@H](NC(=O)[C@@H](NC(=O)C1OC(=O)C1C(C)C)C(C)C)C(=O)O. The fourth-order valence-corrected chi connectivity index (χ4v) is 2.86.